The summed E-state index contributed by atoms with van der Waals surface area (Å²) in [6, 6.07) is 1.39. The van der Waals surface area contributed by atoms with Crippen LogP contribution in [-0.4, -0.2) is 23.0 Å². The van der Waals surface area contributed by atoms with E-state index in [1.54, 1.807) is 0 Å². The molecule has 104 valence electrons. The maximum Gasteiger partial charge on any atom is 0.338 e. The Morgan fingerprint density at radius 1 is 1.47 bits per heavy atom. The van der Waals surface area contributed by atoms with Crippen molar-refractivity contribution in [3.63, 3.8) is 0 Å². The fraction of sp³-hybridized carbons (Fsp3) is 0.571. The van der Waals surface area contributed by atoms with E-state index in [0.29, 0.717) is 0 Å². The number of nitrogens with one attached hydrogen (secondary N) is 1. The van der Waals surface area contributed by atoms with Gasteiger partial charge in [-0.1, -0.05) is 20.3 Å². The van der Waals surface area contributed by atoms with Gasteiger partial charge in [0.05, 0.1) is 5.56 Å². The lowest BCUT2D eigenvalue weighted by atomic mass is 9.75. The standard InChI is InChI=1S/C14H19NO4/c1-14(2)5-3-4-10(7-14)15-12(16)11-6-9(8-19-11)13(17)18/h6,8,10H,3-5,7H2,1-2H3,(H,15,16)(H,17,18). The van der Waals surface area contributed by atoms with Crippen molar-refractivity contribution >= 4 is 11.9 Å². The first kappa shape index (κ1) is 13.6. The van der Waals surface area contributed by atoms with Gasteiger partial charge in [0, 0.05) is 12.1 Å². The zero-order valence-corrected chi connectivity index (χ0v) is 11.2. The summed E-state index contributed by atoms with van der Waals surface area (Å²) in [7, 11) is 0. The predicted molar refractivity (Wildman–Crippen MR) is 69.2 cm³/mol. The van der Waals surface area contributed by atoms with E-state index < -0.39 is 5.97 Å². The zero-order chi connectivity index (χ0) is 14.0. The SMILES string of the molecule is CC1(C)CCCC(NC(=O)c2cc(C(=O)O)co2)C1. The summed E-state index contributed by atoms with van der Waals surface area (Å²) in [5.74, 6) is -1.38. The number of hydrogen-bond donors (Lipinski definition) is 2. The average molecular weight is 265 g/mol. The van der Waals surface area contributed by atoms with Crippen molar-refractivity contribution in [1.82, 2.24) is 5.32 Å². The van der Waals surface area contributed by atoms with Gasteiger partial charge in [-0.15, -0.1) is 0 Å². The van der Waals surface area contributed by atoms with Crippen molar-refractivity contribution in [3.05, 3.63) is 23.7 Å². The van der Waals surface area contributed by atoms with Crippen molar-refractivity contribution in [1.29, 1.82) is 0 Å². The van der Waals surface area contributed by atoms with E-state index in [1.807, 2.05) is 0 Å². The fourth-order valence-corrected chi connectivity index (χ4v) is 2.65. The Balaban J connectivity index is 1.98. The van der Waals surface area contributed by atoms with Crippen LogP contribution in [0.3, 0.4) is 0 Å². The monoisotopic (exact) mass is 265 g/mol. The number of rotatable bonds is 3. The molecule has 2 N–H and O–H groups in total. The molecule has 1 aromatic heterocycles. The van der Waals surface area contributed by atoms with E-state index in [-0.39, 0.29) is 28.7 Å². The first-order chi connectivity index (χ1) is 8.87. The molecule has 0 radical (unpaired) electrons. The van der Waals surface area contributed by atoms with Gasteiger partial charge in [-0.3, -0.25) is 4.79 Å². The summed E-state index contributed by atoms with van der Waals surface area (Å²) < 4.78 is 4.99. The van der Waals surface area contributed by atoms with E-state index >= 15 is 0 Å². The van der Waals surface area contributed by atoms with Crippen LogP contribution in [0.1, 0.15) is 60.4 Å². The van der Waals surface area contributed by atoms with Gasteiger partial charge in [0.25, 0.3) is 5.91 Å². The van der Waals surface area contributed by atoms with Crippen LogP contribution in [0.2, 0.25) is 0 Å². The van der Waals surface area contributed by atoms with Crippen molar-refractivity contribution in [2.45, 2.75) is 45.6 Å². The molecule has 0 aromatic carbocycles. The number of furan rings is 1. The Labute approximate surface area is 112 Å². The van der Waals surface area contributed by atoms with Crippen LogP contribution in [0.15, 0.2) is 16.7 Å². The maximum atomic E-state index is 12.0. The van der Waals surface area contributed by atoms with Gasteiger partial charge in [0.15, 0.2) is 5.76 Å². The number of carbonyl (C=O) groups is 2. The third kappa shape index (κ3) is 3.36. The lowest BCUT2D eigenvalue weighted by Gasteiger charge is -2.35. The van der Waals surface area contributed by atoms with Gasteiger partial charge in [0.2, 0.25) is 0 Å². The molecule has 1 fully saturated rings. The minimum absolute atomic E-state index is 0.00544. The third-order valence-electron chi connectivity index (χ3n) is 3.61. The molecule has 1 amide bonds. The Kier molecular flexibility index (Phi) is 3.64. The van der Waals surface area contributed by atoms with Crippen LogP contribution >= 0.6 is 0 Å². The molecule has 0 spiro atoms. The quantitative estimate of drug-likeness (QED) is 0.880. The summed E-state index contributed by atoms with van der Waals surface area (Å²) >= 11 is 0. The topological polar surface area (TPSA) is 79.5 Å². The van der Waals surface area contributed by atoms with Crippen LogP contribution in [-0.2, 0) is 0 Å². The highest BCUT2D eigenvalue weighted by molar-refractivity contribution is 5.95. The Hall–Kier alpha value is -1.78. The number of carboxylic acid groups (broad SMARTS) is 1. The zero-order valence-electron chi connectivity index (χ0n) is 11.2. The summed E-state index contributed by atoms with van der Waals surface area (Å²) in [5.41, 5.74) is 0.236. The highest BCUT2D eigenvalue weighted by Gasteiger charge is 2.29. The molecule has 1 aliphatic rings. The van der Waals surface area contributed by atoms with Crippen LogP contribution in [0.25, 0.3) is 0 Å². The summed E-state index contributed by atoms with van der Waals surface area (Å²) in [6.45, 7) is 4.39. The molecule has 1 atom stereocenters. The van der Waals surface area contributed by atoms with Crippen molar-refractivity contribution < 1.29 is 19.1 Å². The maximum absolute atomic E-state index is 12.0. The van der Waals surface area contributed by atoms with Crippen molar-refractivity contribution in [2.24, 2.45) is 5.41 Å². The first-order valence-corrected chi connectivity index (χ1v) is 6.50. The molecule has 1 aromatic rings. The normalized spacial score (nSPS) is 21.9. The van der Waals surface area contributed by atoms with Crippen LogP contribution in [0.5, 0.6) is 0 Å². The molecule has 1 heterocycles. The molecule has 5 nitrogen and oxygen atoms in total. The second-order valence-electron chi connectivity index (χ2n) is 5.94. The fourth-order valence-electron chi connectivity index (χ4n) is 2.65. The average Bonchev–Trinajstić information content (AvgIpc) is 2.76. The molecular formula is C14H19NO4. The van der Waals surface area contributed by atoms with Gasteiger partial charge < -0.3 is 14.8 Å². The second kappa shape index (κ2) is 5.07. The summed E-state index contributed by atoms with van der Waals surface area (Å²) in [5, 5.41) is 11.7. The van der Waals surface area contributed by atoms with Gasteiger partial charge in [-0.25, -0.2) is 4.79 Å². The van der Waals surface area contributed by atoms with Gasteiger partial charge in [-0.2, -0.15) is 0 Å². The summed E-state index contributed by atoms with van der Waals surface area (Å²) in [4.78, 5) is 22.7. The molecule has 1 unspecified atom stereocenters. The first-order valence-electron chi connectivity index (χ1n) is 6.50. The lowest BCUT2D eigenvalue weighted by Crippen LogP contribution is -2.40. The van der Waals surface area contributed by atoms with Crippen molar-refractivity contribution in [3.8, 4) is 0 Å². The van der Waals surface area contributed by atoms with E-state index in [4.69, 9.17) is 9.52 Å². The summed E-state index contributed by atoms with van der Waals surface area (Å²) in [6.07, 6.45) is 5.24. The number of carbonyl (C=O) groups excluding carboxylic acids is 1. The molecule has 0 bridgehead atoms. The molecule has 5 heteroatoms. The number of carboxylic acids is 1. The highest BCUT2D eigenvalue weighted by Crippen LogP contribution is 2.35. The highest BCUT2D eigenvalue weighted by atomic mass is 16.4. The molecule has 1 aliphatic carbocycles. The van der Waals surface area contributed by atoms with Gasteiger partial charge in [0.1, 0.15) is 6.26 Å². The predicted octanol–water partition coefficient (Wildman–Crippen LogP) is 2.68. The van der Waals surface area contributed by atoms with Gasteiger partial charge >= 0.3 is 5.97 Å². The van der Waals surface area contributed by atoms with Gasteiger partial charge in [-0.05, 0) is 24.7 Å². The second-order valence-corrected chi connectivity index (χ2v) is 5.94. The molecule has 1 saturated carbocycles. The van der Waals surface area contributed by atoms with Crippen LogP contribution < -0.4 is 5.32 Å². The molecule has 0 saturated heterocycles. The smallest absolute Gasteiger partial charge is 0.338 e. The lowest BCUT2D eigenvalue weighted by molar-refractivity contribution is 0.0695. The Bertz CT molecular complexity index is 489. The molecule has 2 rings (SSSR count). The Morgan fingerprint density at radius 2 is 2.21 bits per heavy atom. The number of amides is 1. The van der Waals surface area contributed by atoms with Crippen LogP contribution in [0, 0.1) is 5.41 Å². The minimum atomic E-state index is -1.10. The molecule has 0 aliphatic heterocycles. The number of hydrogen-bond acceptors (Lipinski definition) is 3. The molecular weight excluding hydrogens is 246 g/mol. The van der Waals surface area contributed by atoms with E-state index in [9.17, 15) is 9.59 Å². The van der Waals surface area contributed by atoms with Crippen molar-refractivity contribution in [2.75, 3.05) is 0 Å². The largest absolute Gasteiger partial charge is 0.478 e. The minimum Gasteiger partial charge on any atom is -0.478 e. The number of aromatic carboxylic acids is 1. The van der Waals surface area contributed by atoms with Crippen LogP contribution in [0.4, 0.5) is 0 Å². The van der Waals surface area contributed by atoms with E-state index in [0.717, 1.165) is 25.5 Å². The molecule has 19 heavy (non-hydrogen) atoms. The van der Waals surface area contributed by atoms with E-state index in [2.05, 4.69) is 19.2 Å². The third-order valence-corrected chi connectivity index (χ3v) is 3.61. The Morgan fingerprint density at radius 3 is 2.79 bits per heavy atom. The van der Waals surface area contributed by atoms with E-state index in [1.165, 1.54) is 12.5 Å².